The summed E-state index contributed by atoms with van der Waals surface area (Å²) in [4.78, 5) is 0. The van der Waals surface area contributed by atoms with Crippen LogP contribution in [0, 0.1) is 6.92 Å². The molecular formula is C15H17NO. The lowest BCUT2D eigenvalue weighted by Gasteiger charge is -2.13. The molecule has 0 radical (unpaired) electrons. The molecular weight excluding hydrogens is 210 g/mol. The van der Waals surface area contributed by atoms with Gasteiger partial charge in [-0.05, 0) is 30.7 Å². The van der Waals surface area contributed by atoms with Crippen LogP contribution in [-0.2, 0) is 6.61 Å². The number of hydrogen-bond donors (Lipinski definition) is 1. The number of benzene rings is 2. The van der Waals surface area contributed by atoms with E-state index < -0.39 is 0 Å². The molecule has 0 aliphatic heterocycles. The average molecular weight is 227 g/mol. The van der Waals surface area contributed by atoms with E-state index in [9.17, 15) is 0 Å². The van der Waals surface area contributed by atoms with Crippen molar-refractivity contribution in [2.75, 3.05) is 12.4 Å². The van der Waals surface area contributed by atoms with E-state index in [0.29, 0.717) is 6.61 Å². The summed E-state index contributed by atoms with van der Waals surface area (Å²) in [5.41, 5.74) is 3.58. The number of aryl methyl sites for hydroxylation is 1. The van der Waals surface area contributed by atoms with Crippen molar-refractivity contribution in [3.63, 3.8) is 0 Å². The lowest BCUT2D eigenvalue weighted by molar-refractivity contribution is 0.306. The summed E-state index contributed by atoms with van der Waals surface area (Å²) in [6, 6.07) is 16.1. The molecule has 2 aromatic carbocycles. The molecule has 0 saturated heterocycles. The number of hydrogen-bond acceptors (Lipinski definition) is 2. The Morgan fingerprint density at radius 2 is 1.76 bits per heavy atom. The van der Waals surface area contributed by atoms with Crippen LogP contribution in [0.3, 0.4) is 0 Å². The maximum absolute atomic E-state index is 5.78. The van der Waals surface area contributed by atoms with Crippen molar-refractivity contribution < 1.29 is 4.74 Å². The van der Waals surface area contributed by atoms with E-state index in [1.165, 1.54) is 11.1 Å². The Bertz CT molecular complexity index is 480. The second-order valence-electron chi connectivity index (χ2n) is 3.95. The van der Waals surface area contributed by atoms with Gasteiger partial charge in [-0.15, -0.1) is 0 Å². The van der Waals surface area contributed by atoms with Gasteiger partial charge in [0, 0.05) is 18.3 Å². The first kappa shape index (κ1) is 11.5. The summed E-state index contributed by atoms with van der Waals surface area (Å²) in [7, 11) is 1.93. The van der Waals surface area contributed by atoms with Crippen LogP contribution in [0.4, 0.5) is 5.69 Å². The largest absolute Gasteiger partial charge is 0.489 e. The number of anilines is 1. The highest BCUT2D eigenvalue weighted by Crippen LogP contribution is 2.21. The molecule has 0 heterocycles. The summed E-state index contributed by atoms with van der Waals surface area (Å²) in [6.07, 6.45) is 0. The number of ether oxygens (including phenoxy) is 1. The van der Waals surface area contributed by atoms with Crippen molar-refractivity contribution in [2.45, 2.75) is 13.5 Å². The van der Waals surface area contributed by atoms with Gasteiger partial charge < -0.3 is 10.1 Å². The van der Waals surface area contributed by atoms with Gasteiger partial charge in [-0.3, -0.25) is 0 Å². The van der Waals surface area contributed by atoms with Gasteiger partial charge in [0.15, 0.2) is 0 Å². The number of nitrogens with one attached hydrogen (secondary N) is 1. The van der Waals surface area contributed by atoms with Gasteiger partial charge in [0.1, 0.15) is 12.4 Å². The zero-order valence-electron chi connectivity index (χ0n) is 10.2. The first-order valence-electron chi connectivity index (χ1n) is 5.75. The van der Waals surface area contributed by atoms with Crippen molar-refractivity contribution in [1.82, 2.24) is 0 Å². The summed E-state index contributed by atoms with van der Waals surface area (Å²) in [5.74, 6) is 0.901. The maximum atomic E-state index is 5.78. The van der Waals surface area contributed by atoms with Gasteiger partial charge in [0.25, 0.3) is 0 Å². The summed E-state index contributed by atoms with van der Waals surface area (Å²) in [6.45, 7) is 2.69. The second-order valence-corrected chi connectivity index (χ2v) is 3.95. The van der Waals surface area contributed by atoms with Crippen molar-refractivity contribution in [1.29, 1.82) is 0 Å². The normalized spacial score (nSPS) is 10.0. The Kier molecular flexibility index (Phi) is 3.66. The van der Waals surface area contributed by atoms with Gasteiger partial charge in [-0.1, -0.05) is 30.3 Å². The Morgan fingerprint density at radius 1 is 1.00 bits per heavy atom. The molecule has 0 aromatic heterocycles. The highest BCUT2D eigenvalue weighted by atomic mass is 16.5. The lowest BCUT2D eigenvalue weighted by Crippen LogP contribution is -2.02. The zero-order valence-corrected chi connectivity index (χ0v) is 10.2. The van der Waals surface area contributed by atoms with Gasteiger partial charge in [-0.2, -0.15) is 0 Å². The Morgan fingerprint density at radius 3 is 2.47 bits per heavy atom. The fourth-order valence-corrected chi connectivity index (χ4v) is 1.80. The van der Waals surface area contributed by atoms with E-state index in [4.69, 9.17) is 4.74 Å². The highest BCUT2D eigenvalue weighted by molar-refractivity contribution is 5.53. The monoisotopic (exact) mass is 227 g/mol. The van der Waals surface area contributed by atoms with E-state index >= 15 is 0 Å². The molecule has 2 rings (SSSR count). The van der Waals surface area contributed by atoms with Crippen LogP contribution < -0.4 is 10.1 Å². The van der Waals surface area contributed by atoms with Gasteiger partial charge in [0.2, 0.25) is 0 Å². The fourth-order valence-electron chi connectivity index (χ4n) is 1.80. The topological polar surface area (TPSA) is 21.3 Å². The van der Waals surface area contributed by atoms with Crippen LogP contribution >= 0.6 is 0 Å². The molecule has 88 valence electrons. The number of rotatable bonds is 4. The molecule has 0 aliphatic carbocycles. The second kappa shape index (κ2) is 5.39. The molecule has 0 amide bonds. The quantitative estimate of drug-likeness (QED) is 0.861. The summed E-state index contributed by atoms with van der Waals surface area (Å²) in [5, 5.41) is 3.19. The van der Waals surface area contributed by atoms with Crippen LogP contribution in [0.25, 0.3) is 0 Å². The van der Waals surface area contributed by atoms with Crippen molar-refractivity contribution in [2.24, 2.45) is 0 Å². The molecule has 0 atom stereocenters. The first-order chi connectivity index (χ1) is 8.31. The molecule has 0 aliphatic rings. The maximum Gasteiger partial charge on any atom is 0.119 e. The van der Waals surface area contributed by atoms with Gasteiger partial charge in [0.05, 0.1) is 0 Å². The highest BCUT2D eigenvalue weighted by Gasteiger charge is 2.04. The van der Waals surface area contributed by atoms with Crippen molar-refractivity contribution in [3.8, 4) is 5.75 Å². The minimum absolute atomic E-state index is 0.590. The average Bonchev–Trinajstić information content (AvgIpc) is 2.38. The molecule has 1 N–H and O–H groups in total. The lowest BCUT2D eigenvalue weighted by atomic mass is 10.1. The van der Waals surface area contributed by atoms with Crippen LogP contribution in [0.2, 0.25) is 0 Å². The standard InChI is InChI=1S/C15H17NO/c1-12-7-6-10-15(16-2)14(12)11-17-13-8-4-3-5-9-13/h3-10,16H,11H2,1-2H3. The third-order valence-electron chi connectivity index (χ3n) is 2.81. The molecule has 2 nitrogen and oxygen atoms in total. The van der Waals surface area contributed by atoms with Crippen LogP contribution in [0.5, 0.6) is 5.75 Å². The van der Waals surface area contributed by atoms with E-state index in [1.807, 2.05) is 43.4 Å². The van der Waals surface area contributed by atoms with E-state index in [0.717, 1.165) is 11.4 Å². The minimum Gasteiger partial charge on any atom is -0.489 e. The van der Waals surface area contributed by atoms with Crippen LogP contribution in [0.1, 0.15) is 11.1 Å². The molecule has 2 heteroatoms. The summed E-state index contributed by atoms with van der Waals surface area (Å²) >= 11 is 0. The molecule has 0 unspecified atom stereocenters. The molecule has 0 fully saturated rings. The predicted octanol–water partition coefficient (Wildman–Crippen LogP) is 3.62. The Labute approximate surface area is 102 Å². The first-order valence-corrected chi connectivity index (χ1v) is 5.75. The summed E-state index contributed by atoms with van der Waals surface area (Å²) < 4.78 is 5.78. The minimum atomic E-state index is 0.590. The fraction of sp³-hybridized carbons (Fsp3) is 0.200. The van der Waals surface area contributed by atoms with E-state index in [2.05, 4.69) is 24.4 Å². The third kappa shape index (κ3) is 2.78. The van der Waals surface area contributed by atoms with E-state index in [1.54, 1.807) is 0 Å². The SMILES string of the molecule is CNc1cccc(C)c1COc1ccccc1. The zero-order chi connectivity index (χ0) is 12.1. The van der Waals surface area contributed by atoms with Crippen molar-refractivity contribution in [3.05, 3.63) is 59.7 Å². The van der Waals surface area contributed by atoms with E-state index in [-0.39, 0.29) is 0 Å². The number of para-hydroxylation sites is 1. The molecule has 2 aromatic rings. The molecule has 17 heavy (non-hydrogen) atoms. The molecule has 0 spiro atoms. The van der Waals surface area contributed by atoms with Gasteiger partial charge in [-0.25, -0.2) is 0 Å². The van der Waals surface area contributed by atoms with Gasteiger partial charge >= 0.3 is 0 Å². The molecule has 0 saturated carbocycles. The Hall–Kier alpha value is -1.96. The third-order valence-corrected chi connectivity index (χ3v) is 2.81. The predicted molar refractivity (Wildman–Crippen MR) is 71.5 cm³/mol. The Balaban J connectivity index is 2.14. The van der Waals surface area contributed by atoms with Crippen molar-refractivity contribution >= 4 is 5.69 Å². The smallest absolute Gasteiger partial charge is 0.119 e. The molecule has 0 bridgehead atoms. The van der Waals surface area contributed by atoms with Crippen LogP contribution in [0.15, 0.2) is 48.5 Å². The van der Waals surface area contributed by atoms with Crippen LogP contribution in [-0.4, -0.2) is 7.05 Å².